The molecule has 94 valence electrons. The van der Waals surface area contributed by atoms with Gasteiger partial charge in [-0.25, -0.2) is 4.98 Å². The predicted octanol–water partition coefficient (Wildman–Crippen LogP) is 3.65. The molecule has 0 unspecified atom stereocenters. The lowest BCUT2D eigenvalue weighted by Crippen LogP contribution is -2.12. The van der Waals surface area contributed by atoms with Gasteiger partial charge >= 0.3 is 0 Å². The third-order valence-corrected chi connectivity index (χ3v) is 3.72. The van der Waals surface area contributed by atoms with Crippen LogP contribution in [0, 0.1) is 6.92 Å². The zero-order valence-electron chi connectivity index (χ0n) is 10.8. The van der Waals surface area contributed by atoms with Crippen molar-refractivity contribution in [2.75, 3.05) is 6.54 Å². The smallest absolute Gasteiger partial charge is 0.105 e. The lowest BCUT2D eigenvalue weighted by atomic mass is 10.2. The first-order valence-corrected chi connectivity index (χ1v) is 7.00. The van der Waals surface area contributed by atoms with Gasteiger partial charge in [-0.1, -0.05) is 42.4 Å². The number of rotatable bonds is 5. The molecule has 0 radical (unpaired) electrons. The number of nitrogens with zero attached hydrogens (tertiary/aromatic N) is 1. The molecule has 0 aliphatic carbocycles. The minimum Gasteiger partial charge on any atom is -0.313 e. The lowest BCUT2D eigenvalue weighted by Gasteiger charge is -2.08. The fourth-order valence-corrected chi connectivity index (χ4v) is 2.51. The van der Waals surface area contributed by atoms with E-state index in [0.717, 1.165) is 18.1 Å². The van der Waals surface area contributed by atoms with Gasteiger partial charge in [0.2, 0.25) is 0 Å². The van der Waals surface area contributed by atoms with Crippen molar-refractivity contribution in [2.24, 2.45) is 0 Å². The van der Waals surface area contributed by atoms with Crippen LogP contribution >= 0.6 is 11.8 Å². The number of benzene rings is 1. The van der Waals surface area contributed by atoms with Gasteiger partial charge in [0.1, 0.15) is 5.03 Å². The zero-order valence-corrected chi connectivity index (χ0v) is 11.6. The van der Waals surface area contributed by atoms with Crippen LogP contribution in [0.25, 0.3) is 0 Å². The second-order valence-electron chi connectivity index (χ2n) is 4.16. The Morgan fingerprint density at radius 3 is 2.67 bits per heavy atom. The Hall–Kier alpha value is -1.32. The summed E-state index contributed by atoms with van der Waals surface area (Å²) in [5.74, 6) is 0. The molecule has 1 aromatic heterocycles. The molecule has 0 bridgehead atoms. The Balaban J connectivity index is 2.15. The molecule has 2 nitrogen and oxygen atoms in total. The summed E-state index contributed by atoms with van der Waals surface area (Å²) in [6.45, 7) is 6.07. The van der Waals surface area contributed by atoms with Crippen LogP contribution in [0.4, 0.5) is 0 Å². The van der Waals surface area contributed by atoms with E-state index >= 15 is 0 Å². The standard InChI is InChI=1S/C15H18N2S/c1-3-16-11-13-5-4-10-17-15(13)18-14-8-6-12(2)7-9-14/h4-10,16H,3,11H2,1-2H3. The van der Waals surface area contributed by atoms with Crippen molar-refractivity contribution in [3.63, 3.8) is 0 Å². The Kier molecular flexibility index (Phi) is 4.79. The molecule has 0 fully saturated rings. The summed E-state index contributed by atoms with van der Waals surface area (Å²) in [7, 11) is 0. The summed E-state index contributed by atoms with van der Waals surface area (Å²) in [6.07, 6.45) is 1.85. The van der Waals surface area contributed by atoms with E-state index in [1.807, 2.05) is 12.3 Å². The van der Waals surface area contributed by atoms with Crippen LogP contribution in [-0.4, -0.2) is 11.5 Å². The van der Waals surface area contributed by atoms with Gasteiger partial charge in [-0.2, -0.15) is 0 Å². The van der Waals surface area contributed by atoms with Crippen LogP contribution in [-0.2, 0) is 6.54 Å². The Labute approximate surface area is 113 Å². The van der Waals surface area contributed by atoms with Crippen molar-refractivity contribution in [3.8, 4) is 0 Å². The van der Waals surface area contributed by atoms with Crippen molar-refractivity contribution < 1.29 is 0 Å². The van der Waals surface area contributed by atoms with Crippen molar-refractivity contribution in [1.29, 1.82) is 0 Å². The molecule has 1 aromatic carbocycles. The molecule has 0 atom stereocenters. The largest absolute Gasteiger partial charge is 0.313 e. The minimum absolute atomic E-state index is 0.874. The molecule has 0 aliphatic heterocycles. The summed E-state index contributed by atoms with van der Waals surface area (Å²) in [5.41, 5.74) is 2.54. The van der Waals surface area contributed by atoms with E-state index in [0.29, 0.717) is 0 Å². The van der Waals surface area contributed by atoms with Crippen molar-refractivity contribution in [3.05, 3.63) is 53.7 Å². The van der Waals surface area contributed by atoms with Crippen molar-refractivity contribution in [2.45, 2.75) is 30.3 Å². The summed E-state index contributed by atoms with van der Waals surface area (Å²) in [5, 5.41) is 4.43. The van der Waals surface area contributed by atoms with Gasteiger partial charge in [0.05, 0.1) is 0 Å². The fraction of sp³-hybridized carbons (Fsp3) is 0.267. The SMILES string of the molecule is CCNCc1cccnc1Sc1ccc(C)cc1. The van der Waals surface area contributed by atoms with Crippen LogP contribution in [0.2, 0.25) is 0 Å². The zero-order chi connectivity index (χ0) is 12.8. The van der Waals surface area contributed by atoms with Crippen LogP contribution < -0.4 is 5.32 Å². The molecule has 1 heterocycles. The Morgan fingerprint density at radius 2 is 1.94 bits per heavy atom. The van der Waals surface area contributed by atoms with Gasteiger partial charge in [0.15, 0.2) is 0 Å². The van der Waals surface area contributed by atoms with E-state index in [1.165, 1.54) is 16.0 Å². The highest BCUT2D eigenvalue weighted by Gasteiger charge is 2.04. The molecule has 0 spiro atoms. The highest BCUT2D eigenvalue weighted by Crippen LogP contribution is 2.28. The first-order chi connectivity index (χ1) is 8.79. The van der Waals surface area contributed by atoms with Gasteiger partial charge in [-0.15, -0.1) is 0 Å². The first kappa shape index (κ1) is 13.1. The average molecular weight is 258 g/mol. The molecule has 0 saturated carbocycles. The molecule has 0 saturated heterocycles. The monoisotopic (exact) mass is 258 g/mol. The average Bonchev–Trinajstić information content (AvgIpc) is 2.40. The number of aryl methyl sites for hydroxylation is 1. The molecule has 0 amide bonds. The number of nitrogens with one attached hydrogen (secondary N) is 1. The number of pyridine rings is 1. The fourth-order valence-electron chi connectivity index (χ4n) is 1.63. The molecule has 2 rings (SSSR count). The predicted molar refractivity (Wildman–Crippen MR) is 76.9 cm³/mol. The van der Waals surface area contributed by atoms with Gasteiger partial charge in [0.25, 0.3) is 0 Å². The Morgan fingerprint density at radius 1 is 1.17 bits per heavy atom. The van der Waals surface area contributed by atoms with Crippen molar-refractivity contribution in [1.82, 2.24) is 10.3 Å². The number of aromatic nitrogens is 1. The third kappa shape index (κ3) is 3.59. The molecule has 1 N–H and O–H groups in total. The van der Waals surface area contributed by atoms with Crippen LogP contribution in [0.15, 0.2) is 52.5 Å². The van der Waals surface area contributed by atoms with Gasteiger partial charge in [-0.3, -0.25) is 0 Å². The van der Waals surface area contributed by atoms with E-state index in [1.54, 1.807) is 11.8 Å². The van der Waals surface area contributed by atoms with E-state index in [2.05, 4.69) is 54.5 Å². The lowest BCUT2D eigenvalue weighted by molar-refractivity contribution is 0.711. The molecule has 3 heteroatoms. The van der Waals surface area contributed by atoms with E-state index in [4.69, 9.17) is 0 Å². The maximum absolute atomic E-state index is 4.47. The summed E-state index contributed by atoms with van der Waals surface area (Å²) in [4.78, 5) is 5.71. The van der Waals surface area contributed by atoms with Gasteiger partial charge in [0, 0.05) is 17.6 Å². The third-order valence-electron chi connectivity index (χ3n) is 2.65. The minimum atomic E-state index is 0.874. The molecular formula is C15H18N2S. The molecule has 2 aromatic rings. The topological polar surface area (TPSA) is 24.9 Å². The molecular weight excluding hydrogens is 240 g/mol. The van der Waals surface area contributed by atoms with Gasteiger partial charge < -0.3 is 5.32 Å². The van der Waals surface area contributed by atoms with Gasteiger partial charge in [-0.05, 0) is 37.2 Å². The van der Waals surface area contributed by atoms with Crippen LogP contribution in [0.3, 0.4) is 0 Å². The first-order valence-electron chi connectivity index (χ1n) is 6.18. The maximum Gasteiger partial charge on any atom is 0.105 e. The van der Waals surface area contributed by atoms with Crippen molar-refractivity contribution >= 4 is 11.8 Å². The van der Waals surface area contributed by atoms with E-state index in [-0.39, 0.29) is 0 Å². The van der Waals surface area contributed by atoms with E-state index < -0.39 is 0 Å². The summed E-state index contributed by atoms with van der Waals surface area (Å²) >= 11 is 1.72. The quantitative estimate of drug-likeness (QED) is 0.886. The maximum atomic E-state index is 4.47. The van der Waals surface area contributed by atoms with E-state index in [9.17, 15) is 0 Å². The normalized spacial score (nSPS) is 10.6. The number of hydrogen-bond acceptors (Lipinski definition) is 3. The number of hydrogen-bond donors (Lipinski definition) is 1. The van der Waals surface area contributed by atoms with Crippen LogP contribution in [0.5, 0.6) is 0 Å². The highest BCUT2D eigenvalue weighted by atomic mass is 32.2. The molecule has 0 aliphatic rings. The highest BCUT2D eigenvalue weighted by molar-refractivity contribution is 7.99. The Bertz CT molecular complexity index is 494. The second-order valence-corrected chi connectivity index (χ2v) is 5.23. The molecule has 18 heavy (non-hydrogen) atoms. The second kappa shape index (κ2) is 6.57. The summed E-state index contributed by atoms with van der Waals surface area (Å²) < 4.78 is 0. The summed E-state index contributed by atoms with van der Waals surface area (Å²) in [6, 6.07) is 12.7. The van der Waals surface area contributed by atoms with Crippen LogP contribution in [0.1, 0.15) is 18.1 Å².